The van der Waals surface area contributed by atoms with Crippen LogP contribution < -0.4 is 0 Å². The Morgan fingerprint density at radius 3 is 1.39 bits per heavy atom. The van der Waals surface area contributed by atoms with E-state index in [0.717, 1.165) is 24.3 Å². The highest BCUT2D eigenvalue weighted by Crippen LogP contribution is 2.25. The number of benzene rings is 2. The second-order valence-corrected chi connectivity index (χ2v) is 5.31. The summed E-state index contributed by atoms with van der Waals surface area (Å²) in [4.78, 5) is 0. The molecule has 2 aromatic carbocycles. The maximum Gasteiger partial charge on any atom is 0.159 e. The van der Waals surface area contributed by atoms with Crippen molar-refractivity contribution in [3.63, 3.8) is 0 Å². The lowest BCUT2D eigenvalue weighted by Crippen LogP contribution is -2.03. The van der Waals surface area contributed by atoms with Crippen molar-refractivity contribution < 1.29 is 27.8 Å². The van der Waals surface area contributed by atoms with Crippen LogP contribution in [0.5, 0.6) is 0 Å². The normalized spacial score (nSPS) is 13.8. The first-order valence-corrected chi connectivity index (χ1v) is 7.14. The average Bonchev–Trinajstić information content (AvgIpc) is 2.52. The maximum atomic E-state index is 13.1. The van der Waals surface area contributed by atoms with Crippen LogP contribution in [0.3, 0.4) is 0 Å². The molecule has 0 unspecified atom stereocenters. The summed E-state index contributed by atoms with van der Waals surface area (Å²) < 4.78 is 51.8. The molecule has 0 spiro atoms. The zero-order valence-corrected chi connectivity index (χ0v) is 12.1. The van der Waals surface area contributed by atoms with Crippen LogP contribution in [0.15, 0.2) is 36.4 Å². The summed E-state index contributed by atoms with van der Waals surface area (Å²) in [6, 6.07) is 6.29. The third-order valence-corrected chi connectivity index (χ3v) is 3.61. The first-order valence-electron chi connectivity index (χ1n) is 7.14. The van der Waals surface area contributed by atoms with Crippen LogP contribution in [-0.4, -0.2) is 10.2 Å². The largest absolute Gasteiger partial charge is 0.388 e. The van der Waals surface area contributed by atoms with Crippen LogP contribution in [0.25, 0.3) is 0 Å². The molecule has 0 bridgehead atoms. The van der Waals surface area contributed by atoms with Gasteiger partial charge in [-0.15, -0.1) is 0 Å². The molecule has 0 aliphatic rings. The molecule has 0 saturated heterocycles. The van der Waals surface area contributed by atoms with E-state index in [1.807, 2.05) is 0 Å². The SMILES string of the molecule is O[C@H](CCC[C@@H](O)c1ccc(F)c(F)c1)c1ccc(F)c(F)c1. The molecule has 2 atom stereocenters. The first kappa shape index (κ1) is 17.4. The third-order valence-electron chi connectivity index (χ3n) is 3.61. The Balaban J connectivity index is 1.88. The van der Waals surface area contributed by atoms with Gasteiger partial charge in [0, 0.05) is 0 Å². The zero-order chi connectivity index (χ0) is 17.0. The van der Waals surface area contributed by atoms with Crippen LogP contribution in [0, 0.1) is 23.3 Å². The van der Waals surface area contributed by atoms with Crippen LogP contribution in [-0.2, 0) is 0 Å². The molecule has 0 fully saturated rings. The molecule has 2 aromatic rings. The minimum atomic E-state index is -1.04. The Kier molecular flexibility index (Phi) is 5.74. The monoisotopic (exact) mass is 328 g/mol. The van der Waals surface area contributed by atoms with Gasteiger partial charge in [-0.25, -0.2) is 17.6 Å². The fourth-order valence-corrected chi connectivity index (χ4v) is 2.28. The molecular weight excluding hydrogens is 312 g/mol. The lowest BCUT2D eigenvalue weighted by molar-refractivity contribution is 0.135. The van der Waals surface area contributed by atoms with Crippen molar-refractivity contribution in [1.29, 1.82) is 0 Å². The number of rotatable bonds is 6. The fraction of sp³-hybridized carbons (Fsp3) is 0.294. The number of hydrogen-bond acceptors (Lipinski definition) is 2. The molecule has 0 heterocycles. The van der Waals surface area contributed by atoms with E-state index in [-0.39, 0.29) is 24.0 Å². The van der Waals surface area contributed by atoms with Gasteiger partial charge in [-0.05, 0) is 54.7 Å². The predicted octanol–water partition coefficient (Wildman–Crippen LogP) is 4.18. The van der Waals surface area contributed by atoms with Gasteiger partial charge in [0.05, 0.1) is 12.2 Å². The van der Waals surface area contributed by atoms with E-state index in [4.69, 9.17) is 0 Å². The van der Waals surface area contributed by atoms with Gasteiger partial charge in [0.15, 0.2) is 23.3 Å². The van der Waals surface area contributed by atoms with Gasteiger partial charge in [0.2, 0.25) is 0 Å². The number of aliphatic hydroxyl groups excluding tert-OH is 2. The van der Waals surface area contributed by atoms with Crippen molar-refractivity contribution in [3.05, 3.63) is 70.8 Å². The van der Waals surface area contributed by atoms with Crippen LogP contribution in [0.1, 0.15) is 42.6 Å². The summed E-state index contributed by atoms with van der Waals surface area (Å²) in [7, 11) is 0. The highest BCUT2D eigenvalue weighted by molar-refractivity contribution is 5.21. The maximum absolute atomic E-state index is 13.1. The molecule has 0 amide bonds. The van der Waals surface area contributed by atoms with E-state index < -0.39 is 35.5 Å². The Labute approximate surface area is 131 Å². The molecule has 2 nitrogen and oxygen atoms in total. The lowest BCUT2D eigenvalue weighted by Gasteiger charge is -2.14. The summed E-state index contributed by atoms with van der Waals surface area (Å²) in [5.41, 5.74) is 0.484. The highest BCUT2D eigenvalue weighted by Gasteiger charge is 2.14. The topological polar surface area (TPSA) is 40.5 Å². The van der Waals surface area contributed by atoms with Gasteiger partial charge in [0.25, 0.3) is 0 Å². The van der Waals surface area contributed by atoms with Crippen molar-refractivity contribution in [2.45, 2.75) is 31.5 Å². The fourth-order valence-electron chi connectivity index (χ4n) is 2.28. The Morgan fingerprint density at radius 2 is 1.04 bits per heavy atom. The Bertz CT molecular complexity index is 618. The van der Waals surface area contributed by atoms with Gasteiger partial charge >= 0.3 is 0 Å². The molecule has 124 valence electrons. The van der Waals surface area contributed by atoms with E-state index >= 15 is 0 Å². The van der Waals surface area contributed by atoms with Gasteiger partial charge in [-0.3, -0.25) is 0 Å². The molecule has 0 radical (unpaired) electrons. The van der Waals surface area contributed by atoms with Gasteiger partial charge in [-0.1, -0.05) is 12.1 Å². The molecule has 0 saturated carbocycles. The number of halogens is 4. The minimum absolute atomic E-state index is 0.214. The van der Waals surface area contributed by atoms with Crippen molar-refractivity contribution >= 4 is 0 Å². The minimum Gasteiger partial charge on any atom is -0.388 e. The smallest absolute Gasteiger partial charge is 0.159 e. The highest BCUT2D eigenvalue weighted by atomic mass is 19.2. The van der Waals surface area contributed by atoms with Crippen LogP contribution in [0.2, 0.25) is 0 Å². The summed E-state index contributed by atoms with van der Waals surface area (Å²) in [6.45, 7) is 0. The van der Waals surface area contributed by atoms with Gasteiger partial charge < -0.3 is 10.2 Å². The molecule has 0 aliphatic heterocycles. The van der Waals surface area contributed by atoms with Crippen molar-refractivity contribution in [3.8, 4) is 0 Å². The van der Waals surface area contributed by atoms with E-state index in [1.165, 1.54) is 12.1 Å². The Hall–Kier alpha value is -1.92. The molecule has 0 aliphatic carbocycles. The lowest BCUT2D eigenvalue weighted by atomic mass is 9.99. The first-order chi connectivity index (χ1) is 10.9. The standard InChI is InChI=1S/C17H16F4O2/c18-12-6-4-10(8-14(12)20)16(22)2-1-3-17(23)11-5-7-13(19)15(21)9-11/h4-9,16-17,22-23H,1-3H2/t16-,17-/m1/s1. The van der Waals surface area contributed by atoms with Crippen molar-refractivity contribution in [2.75, 3.05) is 0 Å². The molecular formula is C17H16F4O2. The second kappa shape index (κ2) is 7.57. The van der Waals surface area contributed by atoms with Crippen LogP contribution in [0.4, 0.5) is 17.6 Å². The summed E-state index contributed by atoms with van der Waals surface area (Å²) >= 11 is 0. The van der Waals surface area contributed by atoms with Crippen molar-refractivity contribution in [2.24, 2.45) is 0 Å². The van der Waals surface area contributed by atoms with Crippen molar-refractivity contribution in [1.82, 2.24) is 0 Å². The van der Waals surface area contributed by atoms with Crippen LogP contribution >= 0.6 is 0 Å². The van der Waals surface area contributed by atoms with E-state index in [1.54, 1.807) is 0 Å². The quantitative estimate of drug-likeness (QED) is 0.781. The predicted molar refractivity (Wildman–Crippen MR) is 76.5 cm³/mol. The number of hydrogen-bond donors (Lipinski definition) is 2. The molecule has 6 heteroatoms. The summed E-state index contributed by atoms with van der Waals surface area (Å²) in [5, 5.41) is 19.8. The third kappa shape index (κ3) is 4.53. The average molecular weight is 328 g/mol. The van der Waals surface area contributed by atoms with E-state index in [0.29, 0.717) is 6.42 Å². The second-order valence-electron chi connectivity index (χ2n) is 5.31. The van der Waals surface area contributed by atoms with E-state index in [2.05, 4.69) is 0 Å². The molecule has 2 rings (SSSR count). The molecule has 23 heavy (non-hydrogen) atoms. The van der Waals surface area contributed by atoms with Gasteiger partial charge in [0.1, 0.15) is 0 Å². The number of aliphatic hydroxyl groups is 2. The van der Waals surface area contributed by atoms with E-state index in [9.17, 15) is 27.8 Å². The van der Waals surface area contributed by atoms with Gasteiger partial charge in [-0.2, -0.15) is 0 Å². The molecule has 2 N–H and O–H groups in total. The summed E-state index contributed by atoms with van der Waals surface area (Å²) in [6.07, 6.45) is -1.21. The molecule has 0 aromatic heterocycles. The Morgan fingerprint density at radius 1 is 0.652 bits per heavy atom. The zero-order valence-electron chi connectivity index (χ0n) is 12.1. The summed E-state index contributed by atoms with van der Waals surface area (Å²) in [5.74, 6) is -4.06.